The van der Waals surface area contributed by atoms with E-state index in [1.807, 2.05) is 6.92 Å². The molecule has 0 aliphatic carbocycles. The van der Waals surface area contributed by atoms with E-state index in [1.165, 1.54) is 6.39 Å². The molecule has 0 bridgehead atoms. The van der Waals surface area contributed by atoms with Crippen LogP contribution >= 0.6 is 0 Å². The first-order chi connectivity index (χ1) is 7.24. The van der Waals surface area contributed by atoms with E-state index >= 15 is 0 Å². The minimum absolute atomic E-state index is 0.125. The Hall–Kier alpha value is -1.43. The second-order valence-corrected chi connectivity index (χ2v) is 3.28. The van der Waals surface area contributed by atoms with Crippen molar-refractivity contribution in [3.8, 4) is 0 Å². The Kier molecular flexibility index (Phi) is 4.76. The van der Waals surface area contributed by atoms with E-state index in [2.05, 4.69) is 20.0 Å². The fourth-order valence-electron chi connectivity index (χ4n) is 1.17. The van der Waals surface area contributed by atoms with Gasteiger partial charge >= 0.3 is 0 Å². The third kappa shape index (κ3) is 4.07. The van der Waals surface area contributed by atoms with Gasteiger partial charge in [-0.25, -0.2) is 0 Å². The van der Waals surface area contributed by atoms with E-state index in [0.717, 1.165) is 6.42 Å². The van der Waals surface area contributed by atoms with Crippen LogP contribution in [0.1, 0.15) is 25.6 Å². The smallest absolute Gasteiger partial charge is 0.236 e. The molecule has 0 saturated carbocycles. The summed E-state index contributed by atoms with van der Waals surface area (Å²) in [4.78, 5) is 15.2. The molecule has 6 heteroatoms. The second kappa shape index (κ2) is 6.13. The van der Waals surface area contributed by atoms with Gasteiger partial charge in [0.2, 0.25) is 12.3 Å². The summed E-state index contributed by atoms with van der Waals surface area (Å²) in [5.74, 6) is 0.458. The van der Waals surface area contributed by atoms with Crippen LogP contribution < -0.4 is 11.1 Å². The average molecular weight is 212 g/mol. The Labute approximate surface area is 88.2 Å². The minimum atomic E-state index is -0.416. The van der Waals surface area contributed by atoms with Crippen LogP contribution in [0.2, 0.25) is 0 Å². The summed E-state index contributed by atoms with van der Waals surface area (Å²) in [5, 5.41) is 6.35. The van der Waals surface area contributed by atoms with Crippen LogP contribution in [0.25, 0.3) is 0 Å². The normalized spacial score (nSPS) is 12.4. The molecule has 0 aliphatic rings. The first kappa shape index (κ1) is 11.6. The molecule has 0 radical (unpaired) electrons. The van der Waals surface area contributed by atoms with Crippen LogP contribution in [0.5, 0.6) is 0 Å². The summed E-state index contributed by atoms with van der Waals surface area (Å²) in [7, 11) is 0. The third-order valence-corrected chi connectivity index (χ3v) is 1.99. The van der Waals surface area contributed by atoms with Gasteiger partial charge in [0.25, 0.3) is 0 Å². The molecular formula is C9H16N4O2. The molecule has 1 heterocycles. The van der Waals surface area contributed by atoms with Gasteiger partial charge in [0.15, 0.2) is 5.82 Å². The monoisotopic (exact) mass is 212 g/mol. The molecule has 15 heavy (non-hydrogen) atoms. The van der Waals surface area contributed by atoms with Gasteiger partial charge in [-0.3, -0.25) is 4.79 Å². The molecular weight excluding hydrogens is 196 g/mol. The van der Waals surface area contributed by atoms with Gasteiger partial charge in [-0.05, 0) is 6.42 Å². The predicted octanol–water partition coefficient (Wildman–Crippen LogP) is -0.144. The van der Waals surface area contributed by atoms with Crippen molar-refractivity contribution in [2.45, 2.75) is 32.2 Å². The lowest BCUT2D eigenvalue weighted by Crippen LogP contribution is -2.41. The Balaban J connectivity index is 2.17. The van der Waals surface area contributed by atoms with Gasteiger partial charge < -0.3 is 15.6 Å². The van der Waals surface area contributed by atoms with Crippen molar-refractivity contribution in [3.05, 3.63) is 12.2 Å². The summed E-state index contributed by atoms with van der Waals surface area (Å²) in [5.41, 5.74) is 5.63. The SMILES string of the molecule is CCC[C@@H](N)C(=O)NCCc1ncon1. The Morgan fingerprint density at radius 2 is 2.53 bits per heavy atom. The number of nitrogens with two attached hydrogens (primary N) is 1. The highest BCUT2D eigenvalue weighted by Crippen LogP contribution is 1.93. The molecule has 0 aromatic carbocycles. The molecule has 1 rings (SSSR count). The number of carbonyl (C=O) groups excluding carboxylic acids is 1. The predicted molar refractivity (Wildman–Crippen MR) is 53.9 cm³/mol. The van der Waals surface area contributed by atoms with E-state index in [4.69, 9.17) is 5.73 Å². The number of rotatable bonds is 6. The topological polar surface area (TPSA) is 94.0 Å². The zero-order valence-corrected chi connectivity index (χ0v) is 8.77. The van der Waals surface area contributed by atoms with E-state index in [9.17, 15) is 4.79 Å². The average Bonchev–Trinajstić information content (AvgIpc) is 2.71. The zero-order valence-electron chi connectivity index (χ0n) is 8.77. The van der Waals surface area contributed by atoms with Gasteiger partial charge in [0.1, 0.15) is 0 Å². The van der Waals surface area contributed by atoms with Crippen LogP contribution in [0.3, 0.4) is 0 Å². The second-order valence-electron chi connectivity index (χ2n) is 3.28. The fourth-order valence-corrected chi connectivity index (χ4v) is 1.17. The van der Waals surface area contributed by atoms with Gasteiger partial charge in [0, 0.05) is 13.0 Å². The van der Waals surface area contributed by atoms with Gasteiger partial charge in [-0.15, -0.1) is 0 Å². The fraction of sp³-hybridized carbons (Fsp3) is 0.667. The highest BCUT2D eigenvalue weighted by molar-refractivity contribution is 5.81. The molecule has 84 valence electrons. The summed E-state index contributed by atoms with van der Waals surface area (Å²) in [6.45, 7) is 2.47. The molecule has 1 aromatic heterocycles. The first-order valence-corrected chi connectivity index (χ1v) is 5.02. The molecule has 0 aliphatic heterocycles. The molecule has 0 spiro atoms. The maximum absolute atomic E-state index is 11.4. The molecule has 3 N–H and O–H groups in total. The zero-order chi connectivity index (χ0) is 11.1. The molecule has 0 saturated heterocycles. The third-order valence-electron chi connectivity index (χ3n) is 1.99. The number of aromatic nitrogens is 2. The van der Waals surface area contributed by atoms with E-state index in [0.29, 0.717) is 25.2 Å². The number of hydrogen-bond acceptors (Lipinski definition) is 5. The maximum Gasteiger partial charge on any atom is 0.236 e. The quantitative estimate of drug-likeness (QED) is 0.684. The summed E-state index contributed by atoms with van der Waals surface area (Å²) in [6.07, 6.45) is 3.43. The van der Waals surface area contributed by atoms with Crippen molar-refractivity contribution >= 4 is 5.91 Å². The van der Waals surface area contributed by atoms with Gasteiger partial charge in [-0.1, -0.05) is 18.5 Å². The number of hydrogen-bond donors (Lipinski definition) is 2. The first-order valence-electron chi connectivity index (χ1n) is 5.02. The van der Waals surface area contributed by atoms with Crippen molar-refractivity contribution in [2.75, 3.05) is 6.54 Å². The Morgan fingerprint density at radius 3 is 3.13 bits per heavy atom. The lowest BCUT2D eigenvalue weighted by Gasteiger charge is -2.09. The van der Waals surface area contributed by atoms with E-state index in [1.54, 1.807) is 0 Å². The summed E-state index contributed by atoms with van der Waals surface area (Å²) in [6, 6.07) is -0.416. The van der Waals surface area contributed by atoms with Crippen LogP contribution in [0.4, 0.5) is 0 Å². The minimum Gasteiger partial charge on any atom is -0.354 e. The lowest BCUT2D eigenvalue weighted by atomic mass is 10.2. The maximum atomic E-state index is 11.4. The molecule has 1 atom stereocenters. The summed E-state index contributed by atoms with van der Waals surface area (Å²) < 4.78 is 4.56. The molecule has 1 amide bonds. The molecule has 6 nitrogen and oxygen atoms in total. The molecule has 0 unspecified atom stereocenters. The highest BCUT2D eigenvalue weighted by atomic mass is 16.5. The molecule has 1 aromatic rings. The van der Waals surface area contributed by atoms with Crippen molar-refractivity contribution in [1.29, 1.82) is 0 Å². The Morgan fingerprint density at radius 1 is 1.73 bits per heavy atom. The van der Waals surface area contributed by atoms with Crippen molar-refractivity contribution in [3.63, 3.8) is 0 Å². The standard InChI is InChI=1S/C9H16N4O2/c1-2-3-7(10)9(14)11-5-4-8-12-6-15-13-8/h6-7H,2-5,10H2,1H3,(H,11,14)/t7-/m1/s1. The van der Waals surface area contributed by atoms with Crippen molar-refractivity contribution in [2.24, 2.45) is 5.73 Å². The Bertz CT molecular complexity index is 286. The van der Waals surface area contributed by atoms with Gasteiger partial charge in [0.05, 0.1) is 6.04 Å². The van der Waals surface area contributed by atoms with Crippen LogP contribution in [0, 0.1) is 0 Å². The molecule has 0 fully saturated rings. The number of nitrogens with one attached hydrogen (secondary N) is 1. The van der Waals surface area contributed by atoms with Gasteiger partial charge in [-0.2, -0.15) is 4.98 Å². The number of carbonyl (C=O) groups is 1. The van der Waals surface area contributed by atoms with Crippen LogP contribution in [0.15, 0.2) is 10.9 Å². The van der Waals surface area contributed by atoms with E-state index < -0.39 is 6.04 Å². The number of amides is 1. The van der Waals surface area contributed by atoms with Crippen molar-refractivity contribution in [1.82, 2.24) is 15.5 Å². The lowest BCUT2D eigenvalue weighted by molar-refractivity contribution is -0.122. The van der Waals surface area contributed by atoms with Crippen LogP contribution in [-0.2, 0) is 11.2 Å². The van der Waals surface area contributed by atoms with Crippen LogP contribution in [-0.4, -0.2) is 28.6 Å². The van der Waals surface area contributed by atoms with Crippen molar-refractivity contribution < 1.29 is 9.32 Å². The summed E-state index contributed by atoms with van der Waals surface area (Å²) >= 11 is 0. The van der Waals surface area contributed by atoms with E-state index in [-0.39, 0.29) is 5.91 Å². The number of nitrogens with zero attached hydrogens (tertiary/aromatic N) is 2. The highest BCUT2D eigenvalue weighted by Gasteiger charge is 2.11. The largest absolute Gasteiger partial charge is 0.354 e.